The lowest BCUT2D eigenvalue weighted by Crippen LogP contribution is -2.23. The lowest BCUT2D eigenvalue weighted by atomic mass is 10.0. The number of hydrogen-bond acceptors (Lipinski definition) is 8. The zero-order valence-corrected chi connectivity index (χ0v) is 32.3. The third kappa shape index (κ3) is 20.8. The maximum atomic E-state index is 12.7. The van der Waals surface area contributed by atoms with Crippen molar-refractivity contribution in [3.63, 3.8) is 0 Å². The molecule has 290 valence electrons. The molecular formula is C44H66O8. The van der Waals surface area contributed by atoms with E-state index in [0.29, 0.717) is 17.5 Å². The summed E-state index contributed by atoms with van der Waals surface area (Å²) in [7, 11) is 2.90. The van der Waals surface area contributed by atoms with Gasteiger partial charge in [-0.15, -0.1) is 0 Å². The summed E-state index contributed by atoms with van der Waals surface area (Å²) in [6.07, 6.45) is 32.2. The number of benzene rings is 2. The predicted octanol–water partition coefficient (Wildman–Crippen LogP) is 11.9. The summed E-state index contributed by atoms with van der Waals surface area (Å²) in [6.45, 7) is 2.28. The van der Waals surface area contributed by atoms with Crippen LogP contribution in [0.4, 0.5) is 0 Å². The van der Waals surface area contributed by atoms with E-state index < -0.39 is 18.2 Å². The second-order valence-corrected chi connectivity index (χ2v) is 13.7. The van der Waals surface area contributed by atoms with E-state index in [1.54, 1.807) is 36.4 Å². The van der Waals surface area contributed by atoms with E-state index >= 15 is 0 Å². The highest BCUT2D eigenvalue weighted by Crippen LogP contribution is 2.28. The van der Waals surface area contributed by atoms with E-state index in [-0.39, 0.29) is 23.0 Å². The first-order chi connectivity index (χ1) is 25.4. The molecule has 2 aromatic rings. The molecule has 2 rings (SSSR count). The van der Waals surface area contributed by atoms with Crippen molar-refractivity contribution < 1.29 is 38.7 Å². The van der Waals surface area contributed by atoms with Crippen molar-refractivity contribution in [1.82, 2.24) is 0 Å². The Hall–Kier alpha value is -3.94. The molecule has 8 nitrogen and oxygen atoms in total. The number of carbonyl (C=O) groups is 2. The lowest BCUT2D eigenvalue weighted by molar-refractivity contribution is -0.181. The summed E-state index contributed by atoms with van der Waals surface area (Å²) in [5.74, 6) is -0.734. The summed E-state index contributed by atoms with van der Waals surface area (Å²) in [6, 6.07) is 9.43. The minimum absolute atomic E-state index is 0.00183. The molecule has 0 aliphatic carbocycles. The van der Waals surface area contributed by atoms with Crippen LogP contribution in [0, 0.1) is 0 Å². The van der Waals surface area contributed by atoms with Crippen LogP contribution < -0.4 is 9.47 Å². The Labute approximate surface area is 313 Å². The summed E-state index contributed by atoms with van der Waals surface area (Å²) in [4.78, 5) is 25.4. The third-order valence-corrected chi connectivity index (χ3v) is 9.27. The van der Waals surface area contributed by atoms with Gasteiger partial charge in [0.25, 0.3) is 0 Å². The maximum Gasteiger partial charge on any atom is 0.333 e. The molecule has 0 aliphatic heterocycles. The number of aromatic hydroxyl groups is 2. The van der Waals surface area contributed by atoms with E-state index in [4.69, 9.17) is 18.9 Å². The largest absolute Gasteiger partial charge is 0.504 e. The number of carbonyl (C=O) groups excluding carboxylic acids is 2. The first-order valence-corrected chi connectivity index (χ1v) is 19.9. The van der Waals surface area contributed by atoms with Crippen molar-refractivity contribution in [2.75, 3.05) is 14.2 Å². The van der Waals surface area contributed by atoms with E-state index in [9.17, 15) is 19.8 Å². The van der Waals surface area contributed by atoms with Gasteiger partial charge in [-0.05, 0) is 54.0 Å². The monoisotopic (exact) mass is 722 g/mol. The second-order valence-electron chi connectivity index (χ2n) is 13.7. The zero-order chi connectivity index (χ0) is 37.7. The molecule has 0 saturated heterocycles. The number of esters is 2. The number of phenolic OH excluding ortho intramolecular Hbond substituents is 2. The summed E-state index contributed by atoms with van der Waals surface area (Å²) in [5.41, 5.74) is 1.27. The maximum absolute atomic E-state index is 12.7. The Kier molecular flexibility index (Phi) is 24.3. The van der Waals surface area contributed by atoms with Gasteiger partial charge in [-0.25, -0.2) is 9.59 Å². The van der Waals surface area contributed by atoms with Gasteiger partial charge in [0.05, 0.1) is 14.2 Å². The van der Waals surface area contributed by atoms with Gasteiger partial charge in [0.1, 0.15) is 0 Å². The highest BCUT2D eigenvalue weighted by atomic mass is 16.7. The molecular weight excluding hydrogens is 656 g/mol. The number of methoxy groups -OCH3 is 2. The SMILES string of the molecule is CCCCCCCCCCCCCCCCCCCCCCCC(OC(=O)C=Cc1ccc(O)c(OC)c1)OC(=O)C=Cc1ccc(O)c(OC)c1. The number of rotatable bonds is 30. The lowest BCUT2D eigenvalue weighted by Gasteiger charge is -2.17. The van der Waals surface area contributed by atoms with Gasteiger partial charge in [0.15, 0.2) is 23.0 Å². The molecule has 2 N–H and O–H groups in total. The average Bonchev–Trinajstić information content (AvgIpc) is 3.14. The van der Waals surface area contributed by atoms with Crippen molar-refractivity contribution >= 4 is 24.1 Å². The summed E-state index contributed by atoms with van der Waals surface area (Å²) >= 11 is 0. The first-order valence-electron chi connectivity index (χ1n) is 19.9. The standard InChI is InChI=1S/C44H66O8/c1-4-5-6-7-8-9-10-11-12-13-14-15-16-17-18-19-20-21-22-23-24-25-44(51-42(47)32-28-36-26-30-38(45)40(34-36)49-2)52-43(48)33-29-37-27-31-39(46)41(35-37)50-3/h26-35,44-46H,4-25H2,1-3H3. The molecule has 0 fully saturated rings. The van der Waals surface area contributed by atoms with Crippen LogP contribution in [0.15, 0.2) is 48.6 Å². The van der Waals surface area contributed by atoms with Crippen LogP contribution >= 0.6 is 0 Å². The molecule has 2 aromatic carbocycles. The fourth-order valence-electron chi connectivity index (χ4n) is 6.15. The highest BCUT2D eigenvalue weighted by molar-refractivity contribution is 5.89. The van der Waals surface area contributed by atoms with Crippen LogP contribution in [0.1, 0.15) is 159 Å². The molecule has 0 aromatic heterocycles. The molecule has 0 atom stereocenters. The van der Waals surface area contributed by atoms with Crippen molar-refractivity contribution in [2.24, 2.45) is 0 Å². The Morgan fingerprint density at radius 3 is 1.19 bits per heavy atom. The van der Waals surface area contributed by atoms with Crippen molar-refractivity contribution in [2.45, 2.75) is 154 Å². The molecule has 0 aliphatic rings. The number of phenols is 2. The van der Waals surface area contributed by atoms with Crippen LogP contribution in [-0.2, 0) is 19.1 Å². The number of hydrogen-bond donors (Lipinski definition) is 2. The quantitative estimate of drug-likeness (QED) is 0.0355. The molecule has 8 heteroatoms. The fourth-order valence-corrected chi connectivity index (χ4v) is 6.15. The molecule has 0 heterocycles. The molecule has 0 spiro atoms. The Balaban J connectivity index is 1.67. The normalized spacial score (nSPS) is 12.0. The summed E-state index contributed by atoms with van der Waals surface area (Å²) < 4.78 is 21.3. The van der Waals surface area contributed by atoms with Crippen LogP contribution in [-0.4, -0.2) is 42.7 Å². The highest BCUT2D eigenvalue weighted by Gasteiger charge is 2.17. The van der Waals surface area contributed by atoms with Gasteiger partial charge < -0.3 is 29.2 Å². The zero-order valence-electron chi connectivity index (χ0n) is 32.3. The van der Waals surface area contributed by atoms with Gasteiger partial charge in [0, 0.05) is 18.6 Å². The van der Waals surface area contributed by atoms with Gasteiger partial charge in [0.2, 0.25) is 6.29 Å². The average molecular weight is 723 g/mol. The summed E-state index contributed by atoms with van der Waals surface area (Å²) in [5, 5.41) is 19.6. The van der Waals surface area contributed by atoms with Gasteiger partial charge in [-0.1, -0.05) is 147 Å². The van der Waals surface area contributed by atoms with Crippen molar-refractivity contribution in [3.05, 3.63) is 59.7 Å². The Bertz CT molecular complexity index is 1240. The van der Waals surface area contributed by atoms with Gasteiger partial charge in [-0.2, -0.15) is 0 Å². The molecule has 0 radical (unpaired) electrons. The van der Waals surface area contributed by atoms with E-state index in [1.807, 2.05) is 0 Å². The number of ether oxygens (including phenoxy) is 4. The molecule has 0 bridgehead atoms. The smallest absolute Gasteiger partial charge is 0.333 e. The van der Waals surface area contributed by atoms with E-state index in [0.717, 1.165) is 19.3 Å². The minimum atomic E-state index is -1.04. The molecule has 0 saturated carbocycles. The van der Waals surface area contributed by atoms with Crippen molar-refractivity contribution in [3.8, 4) is 23.0 Å². The Morgan fingerprint density at radius 2 is 0.865 bits per heavy atom. The number of unbranched alkanes of at least 4 members (excludes halogenated alkanes) is 20. The first kappa shape index (κ1) is 44.2. The molecule has 52 heavy (non-hydrogen) atoms. The van der Waals surface area contributed by atoms with Crippen LogP contribution in [0.25, 0.3) is 12.2 Å². The van der Waals surface area contributed by atoms with Crippen LogP contribution in [0.3, 0.4) is 0 Å². The van der Waals surface area contributed by atoms with Gasteiger partial charge >= 0.3 is 11.9 Å². The third-order valence-electron chi connectivity index (χ3n) is 9.27. The van der Waals surface area contributed by atoms with Crippen molar-refractivity contribution in [1.29, 1.82) is 0 Å². The van der Waals surface area contributed by atoms with E-state index in [1.165, 1.54) is 154 Å². The van der Waals surface area contributed by atoms with Crippen LogP contribution in [0.5, 0.6) is 23.0 Å². The molecule has 0 unspecified atom stereocenters. The molecule has 0 amide bonds. The Morgan fingerprint density at radius 1 is 0.538 bits per heavy atom. The fraction of sp³-hybridized carbons (Fsp3) is 0.591. The van der Waals surface area contributed by atoms with Gasteiger partial charge in [-0.3, -0.25) is 0 Å². The second kappa shape index (κ2) is 28.6. The van der Waals surface area contributed by atoms with Crippen LogP contribution in [0.2, 0.25) is 0 Å². The topological polar surface area (TPSA) is 112 Å². The van der Waals surface area contributed by atoms with E-state index in [2.05, 4.69) is 6.92 Å². The minimum Gasteiger partial charge on any atom is -0.504 e. The predicted molar refractivity (Wildman–Crippen MR) is 211 cm³/mol.